The van der Waals surface area contributed by atoms with Gasteiger partial charge in [-0.3, -0.25) is 0 Å². The van der Waals surface area contributed by atoms with Gasteiger partial charge in [0.1, 0.15) is 17.6 Å². The average molecular weight is 431 g/mol. The Labute approximate surface area is 183 Å². The molecule has 1 saturated carbocycles. The van der Waals surface area contributed by atoms with Crippen LogP contribution in [-0.2, 0) is 11.3 Å². The molecule has 6 rings (SSSR count). The Hall–Kier alpha value is -3.79. The van der Waals surface area contributed by atoms with E-state index in [1.165, 1.54) is 26.0 Å². The van der Waals surface area contributed by atoms with E-state index in [2.05, 4.69) is 35.9 Å². The molecule has 0 bridgehead atoms. The highest BCUT2D eigenvalue weighted by Crippen LogP contribution is 2.49. The Morgan fingerprint density at radius 2 is 2.12 bits per heavy atom. The number of fused-ring (bicyclic) bond motifs is 1. The molecular formula is C22H21N7O3. The summed E-state index contributed by atoms with van der Waals surface area (Å²) in [5, 5.41) is 9.41. The van der Waals surface area contributed by atoms with Crippen LogP contribution in [0.4, 0.5) is 11.8 Å². The lowest BCUT2D eigenvalue weighted by Gasteiger charge is -2.18. The number of benzene rings is 1. The van der Waals surface area contributed by atoms with Gasteiger partial charge in [0.2, 0.25) is 5.95 Å². The first-order valence-corrected chi connectivity index (χ1v) is 10.6. The quantitative estimate of drug-likeness (QED) is 0.430. The molecule has 0 radical (unpaired) electrons. The zero-order chi connectivity index (χ0) is 21.7. The molecule has 0 spiro atoms. The SMILES string of the molecule is COC(=O)c1cc(N=C2NN3C2C3C2CC2)nc(NCc2cc(-c3ccccc3)no2)n1. The Bertz CT molecular complexity index is 1210. The van der Waals surface area contributed by atoms with Gasteiger partial charge in [0.15, 0.2) is 17.3 Å². The normalized spacial score (nSPS) is 24.3. The maximum atomic E-state index is 12.1. The number of methoxy groups -OCH3 is 1. The first-order chi connectivity index (χ1) is 15.7. The minimum absolute atomic E-state index is 0.137. The van der Waals surface area contributed by atoms with E-state index in [-0.39, 0.29) is 11.6 Å². The highest BCUT2D eigenvalue weighted by molar-refractivity contribution is 5.98. The van der Waals surface area contributed by atoms with Crippen LogP contribution in [0.1, 0.15) is 29.1 Å². The number of hydrazine groups is 1. The van der Waals surface area contributed by atoms with Gasteiger partial charge in [0.05, 0.1) is 19.7 Å². The zero-order valence-corrected chi connectivity index (χ0v) is 17.4. The molecule has 10 nitrogen and oxygen atoms in total. The van der Waals surface area contributed by atoms with E-state index in [9.17, 15) is 4.79 Å². The first-order valence-electron chi connectivity index (χ1n) is 10.6. The molecule has 2 aromatic heterocycles. The van der Waals surface area contributed by atoms with Crippen molar-refractivity contribution in [1.29, 1.82) is 0 Å². The second-order valence-electron chi connectivity index (χ2n) is 8.11. The Morgan fingerprint density at radius 3 is 2.91 bits per heavy atom. The predicted octanol–water partition coefficient (Wildman–Crippen LogP) is 2.54. The maximum absolute atomic E-state index is 12.1. The van der Waals surface area contributed by atoms with Crippen molar-refractivity contribution in [3.63, 3.8) is 0 Å². The molecule has 1 aromatic carbocycles. The van der Waals surface area contributed by atoms with Crippen molar-refractivity contribution in [3.8, 4) is 11.3 Å². The van der Waals surface area contributed by atoms with Gasteiger partial charge in [-0.25, -0.2) is 19.8 Å². The average Bonchev–Trinajstić information content (AvgIpc) is 3.70. The van der Waals surface area contributed by atoms with E-state index in [0.717, 1.165) is 23.0 Å². The molecule has 0 amide bonds. The Morgan fingerprint density at radius 1 is 1.28 bits per heavy atom. The number of aliphatic imine (C=N–C) groups is 1. The largest absolute Gasteiger partial charge is 0.464 e. The molecule has 3 aromatic rings. The van der Waals surface area contributed by atoms with Crippen molar-refractivity contribution < 1.29 is 14.1 Å². The summed E-state index contributed by atoms with van der Waals surface area (Å²) < 4.78 is 10.3. The van der Waals surface area contributed by atoms with E-state index in [1.54, 1.807) is 0 Å². The molecular weight excluding hydrogens is 410 g/mol. The topological polar surface area (TPSA) is 118 Å². The van der Waals surface area contributed by atoms with Crippen LogP contribution in [0, 0.1) is 5.92 Å². The van der Waals surface area contributed by atoms with Crippen molar-refractivity contribution in [2.75, 3.05) is 12.4 Å². The molecule has 3 unspecified atom stereocenters. The van der Waals surface area contributed by atoms with Gasteiger partial charge in [0.25, 0.3) is 0 Å². The Kier molecular flexibility index (Phi) is 4.39. The van der Waals surface area contributed by atoms with Gasteiger partial charge >= 0.3 is 5.97 Å². The number of nitrogens with one attached hydrogen (secondary N) is 2. The summed E-state index contributed by atoms with van der Waals surface area (Å²) in [6.07, 6.45) is 2.57. The van der Waals surface area contributed by atoms with Crippen molar-refractivity contribution in [1.82, 2.24) is 25.6 Å². The summed E-state index contributed by atoms with van der Waals surface area (Å²) in [6.45, 7) is 0.304. The molecule has 4 heterocycles. The van der Waals surface area contributed by atoms with Crippen LogP contribution >= 0.6 is 0 Å². The van der Waals surface area contributed by atoms with E-state index in [0.29, 0.717) is 30.2 Å². The smallest absolute Gasteiger partial charge is 0.356 e. The molecule has 2 N–H and O–H groups in total. The third-order valence-corrected chi connectivity index (χ3v) is 5.87. The van der Waals surface area contributed by atoms with Crippen LogP contribution in [0.3, 0.4) is 0 Å². The van der Waals surface area contributed by atoms with Gasteiger partial charge in [-0.2, -0.15) is 4.98 Å². The van der Waals surface area contributed by atoms with Gasteiger partial charge in [-0.05, 0) is 18.8 Å². The van der Waals surface area contributed by atoms with Gasteiger partial charge in [-0.1, -0.05) is 35.5 Å². The lowest BCUT2D eigenvalue weighted by Crippen LogP contribution is -2.45. The number of hydrogen-bond acceptors (Lipinski definition) is 9. The number of hydrogen-bond donors (Lipinski definition) is 2. The van der Waals surface area contributed by atoms with E-state index in [4.69, 9.17) is 9.26 Å². The second kappa shape index (κ2) is 7.41. The number of ether oxygens (including phenoxy) is 1. The molecule has 2 saturated heterocycles. The van der Waals surface area contributed by atoms with E-state index >= 15 is 0 Å². The van der Waals surface area contributed by atoms with Gasteiger partial charge < -0.3 is 20.0 Å². The number of nitrogens with zero attached hydrogens (tertiary/aromatic N) is 5. The number of amidine groups is 1. The molecule has 3 atom stereocenters. The molecule has 162 valence electrons. The molecule has 1 aliphatic carbocycles. The standard InChI is InChI=1S/C22H21N7O3/c1-31-21(30)16-10-17(25-20-19-18(13-7-8-13)29(19)27-20)26-22(24-16)23-11-14-9-15(28-32-14)12-5-3-2-4-6-12/h2-6,9-10,13,18-19H,7-8,11H2,1H3,(H2,23,24,25,26,27). The van der Waals surface area contributed by atoms with Crippen LogP contribution < -0.4 is 10.7 Å². The van der Waals surface area contributed by atoms with Crippen LogP contribution in [0.2, 0.25) is 0 Å². The van der Waals surface area contributed by atoms with E-state index < -0.39 is 5.97 Å². The van der Waals surface area contributed by atoms with Crippen molar-refractivity contribution >= 4 is 23.6 Å². The monoisotopic (exact) mass is 431 g/mol. The van der Waals surface area contributed by atoms with E-state index in [1.807, 2.05) is 36.4 Å². The lowest BCUT2D eigenvalue weighted by molar-refractivity contribution is 0.0594. The number of carbonyl (C=O) groups is 1. The van der Waals surface area contributed by atoms with Crippen LogP contribution in [0.5, 0.6) is 0 Å². The van der Waals surface area contributed by atoms with Crippen LogP contribution in [-0.4, -0.2) is 51.1 Å². The maximum Gasteiger partial charge on any atom is 0.356 e. The van der Waals surface area contributed by atoms with Crippen LogP contribution in [0.15, 0.2) is 52.0 Å². The van der Waals surface area contributed by atoms with Gasteiger partial charge in [-0.15, -0.1) is 0 Å². The summed E-state index contributed by atoms with van der Waals surface area (Å²) in [5.74, 6) is 2.38. The lowest BCUT2D eigenvalue weighted by atomic mass is 10.1. The summed E-state index contributed by atoms with van der Waals surface area (Å²) in [5.41, 5.74) is 5.11. The van der Waals surface area contributed by atoms with Crippen molar-refractivity contribution in [2.24, 2.45) is 10.9 Å². The van der Waals surface area contributed by atoms with Crippen molar-refractivity contribution in [2.45, 2.75) is 31.5 Å². The minimum atomic E-state index is -0.548. The van der Waals surface area contributed by atoms with Crippen LogP contribution in [0.25, 0.3) is 11.3 Å². The fourth-order valence-corrected chi connectivity index (χ4v) is 4.04. The summed E-state index contributed by atoms with van der Waals surface area (Å²) >= 11 is 0. The number of aromatic nitrogens is 3. The first kappa shape index (κ1) is 18.9. The number of anilines is 1. The highest BCUT2D eigenvalue weighted by atomic mass is 16.5. The minimum Gasteiger partial charge on any atom is -0.464 e. The molecule has 2 aliphatic heterocycles. The summed E-state index contributed by atoms with van der Waals surface area (Å²) in [6, 6.07) is 14.1. The number of carbonyl (C=O) groups excluding carboxylic acids is 1. The second-order valence-corrected chi connectivity index (χ2v) is 8.11. The zero-order valence-electron chi connectivity index (χ0n) is 17.4. The molecule has 32 heavy (non-hydrogen) atoms. The predicted molar refractivity (Wildman–Crippen MR) is 115 cm³/mol. The molecule has 10 heteroatoms. The molecule has 3 fully saturated rings. The summed E-state index contributed by atoms with van der Waals surface area (Å²) in [7, 11) is 1.32. The van der Waals surface area contributed by atoms with Crippen molar-refractivity contribution in [3.05, 3.63) is 53.9 Å². The highest BCUT2D eigenvalue weighted by Gasteiger charge is 2.65. The number of rotatable bonds is 7. The molecule has 3 aliphatic rings. The third-order valence-electron chi connectivity index (χ3n) is 5.87. The third kappa shape index (κ3) is 3.48. The fraction of sp³-hybridized carbons (Fsp3) is 0.318. The summed E-state index contributed by atoms with van der Waals surface area (Å²) in [4.78, 5) is 25.4. The number of esters is 1. The van der Waals surface area contributed by atoms with Gasteiger partial charge in [0, 0.05) is 17.7 Å². The fourth-order valence-electron chi connectivity index (χ4n) is 4.04. The Balaban J connectivity index is 1.19.